The van der Waals surface area contributed by atoms with Gasteiger partial charge in [-0.1, -0.05) is 12.1 Å². The van der Waals surface area contributed by atoms with E-state index in [1.165, 1.54) is 7.11 Å². The monoisotopic (exact) mass is 354 g/mol. The third-order valence-corrected chi connectivity index (χ3v) is 4.02. The highest BCUT2D eigenvalue weighted by atomic mass is 16.5. The van der Waals surface area contributed by atoms with Gasteiger partial charge in [-0.15, -0.1) is 0 Å². The largest absolute Gasteiger partial charge is 0.489 e. The second-order valence-corrected chi connectivity index (χ2v) is 5.86. The van der Waals surface area contributed by atoms with E-state index >= 15 is 0 Å². The van der Waals surface area contributed by atoms with E-state index in [1.54, 1.807) is 12.1 Å². The summed E-state index contributed by atoms with van der Waals surface area (Å²) in [6.07, 6.45) is 1.85. The Morgan fingerprint density at radius 2 is 1.81 bits per heavy atom. The standard InChI is InChI=1S/C20H22N2O4/c1-24-20(23)18-6-2-17(3-7-18)15-26-19-8-4-16(5-9-19)14-21-22-10-12-25-13-11-22/h2-9,14H,10-13,15H2,1H3/b21-14-. The van der Waals surface area contributed by atoms with Crippen LogP contribution >= 0.6 is 0 Å². The molecular formula is C20H22N2O4. The van der Waals surface area contributed by atoms with Crippen LogP contribution in [-0.2, 0) is 16.1 Å². The van der Waals surface area contributed by atoms with Crippen molar-refractivity contribution in [3.05, 3.63) is 65.2 Å². The van der Waals surface area contributed by atoms with Gasteiger partial charge in [-0.25, -0.2) is 4.79 Å². The van der Waals surface area contributed by atoms with Gasteiger partial charge < -0.3 is 14.2 Å². The Labute approximate surface area is 153 Å². The smallest absolute Gasteiger partial charge is 0.337 e. The molecule has 0 aromatic heterocycles. The van der Waals surface area contributed by atoms with E-state index in [0.29, 0.717) is 12.2 Å². The quantitative estimate of drug-likeness (QED) is 0.590. The van der Waals surface area contributed by atoms with E-state index in [4.69, 9.17) is 9.47 Å². The zero-order chi connectivity index (χ0) is 18.2. The Balaban J connectivity index is 1.51. The van der Waals surface area contributed by atoms with E-state index < -0.39 is 0 Å². The van der Waals surface area contributed by atoms with Crippen LogP contribution in [0.3, 0.4) is 0 Å². The number of nitrogens with zero attached hydrogens (tertiary/aromatic N) is 2. The minimum absolute atomic E-state index is 0.341. The van der Waals surface area contributed by atoms with Crippen molar-refractivity contribution >= 4 is 12.2 Å². The topological polar surface area (TPSA) is 60.4 Å². The molecule has 0 atom stereocenters. The number of morpholine rings is 1. The summed E-state index contributed by atoms with van der Waals surface area (Å²) in [5.41, 5.74) is 2.53. The SMILES string of the molecule is COC(=O)c1ccc(COc2ccc(/C=N\N3CCOCC3)cc2)cc1. The molecule has 1 saturated heterocycles. The molecule has 1 aliphatic rings. The van der Waals surface area contributed by atoms with Crippen molar-refractivity contribution in [2.75, 3.05) is 33.4 Å². The van der Waals surface area contributed by atoms with Gasteiger partial charge in [0.2, 0.25) is 0 Å². The van der Waals surface area contributed by atoms with Gasteiger partial charge in [-0.3, -0.25) is 5.01 Å². The molecule has 26 heavy (non-hydrogen) atoms. The van der Waals surface area contributed by atoms with Gasteiger partial charge in [0.1, 0.15) is 12.4 Å². The number of benzene rings is 2. The Bertz CT molecular complexity index is 735. The van der Waals surface area contributed by atoms with Gasteiger partial charge in [0.05, 0.1) is 45.2 Å². The summed E-state index contributed by atoms with van der Waals surface area (Å²) < 4.78 is 15.8. The summed E-state index contributed by atoms with van der Waals surface area (Å²) >= 11 is 0. The molecular weight excluding hydrogens is 332 g/mol. The van der Waals surface area contributed by atoms with E-state index in [1.807, 2.05) is 47.6 Å². The van der Waals surface area contributed by atoms with Crippen molar-refractivity contribution < 1.29 is 19.0 Å². The van der Waals surface area contributed by atoms with Crippen LogP contribution < -0.4 is 4.74 Å². The lowest BCUT2D eigenvalue weighted by Crippen LogP contribution is -2.32. The lowest BCUT2D eigenvalue weighted by molar-refractivity contribution is 0.0397. The summed E-state index contributed by atoms with van der Waals surface area (Å²) in [6, 6.07) is 15.0. The molecule has 0 N–H and O–H groups in total. The van der Waals surface area contributed by atoms with Crippen molar-refractivity contribution in [1.82, 2.24) is 5.01 Å². The van der Waals surface area contributed by atoms with Gasteiger partial charge in [-0.2, -0.15) is 5.10 Å². The number of hydrogen-bond acceptors (Lipinski definition) is 6. The highest BCUT2D eigenvalue weighted by molar-refractivity contribution is 5.89. The summed E-state index contributed by atoms with van der Waals surface area (Å²) in [6.45, 7) is 3.54. The van der Waals surface area contributed by atoms with Crippen LogP contribution in [0.1, 0.15) is 21.5 Å². The molecule has 6 heteroatoms. The zero-order valence-electron chi connectivity index (χ0n) is 14.8. The van der Waals surface area contributed by atoms with Crippen LogP contribution in [-0.4, -0.2) is 50.6 Å². The molecule has 0 aliphatic carbocycles. The van der Waals surface area contributed by atoms with E-state index in [2.05, 4.69) is 9.84 Å². The van der Waals surface area contributed by atoms with Crippen LogP contribution in [0, 0.1) is 0 Å². The number of methoxy groups -OCH3 is 1. The number of carbonyl (C=O) groups excluding carboxylic acids is 1. The fraction of sp³-hybridized carbons (Fsp3) is 0.300. The van der Waals surface area contributed by atoms with Crippen molar-refractivity contribution in [3.63, 3.8) is 0 Å². The number of ether oxygens (including phenoxy) is 3. The van der Waals surface area contributed by atoms with E-state index in [-0.39, 0.29) is 5.97 Å². The van der Waals surface area contributed by atoms with Gasteiger partial charge in [0.15, 0.2) is 0 Å². The lowest BCUT2D eigenvalue weighted by atomic mass is 10.1. The fourth-order valence-electron chi connectivity index (χ4n) is 2.49. The average molecular weight is 354 g/mol. The van der Waals surface area contributed by atoms with Crippen molar-refractivity contribution in [2.24, 2.45) is 5.10 Å². The minimum Gasteiger partial charge on any atom is -0.489 e. The molecule has 0 spiro atoms. The van der Waals surface area contributed by atoms with Gasteiger partial charge in [0.25, 0.3) is 0 Å². The van der Waals surface area contributed by atoms with Gasteiger partial charge >= 0.3 is 5.97 Å². The Hall–Kier alpha value is -2.86. The molecule has 136 valence electrons. The summed E-state index contributed by atoms with van der Waals surface area (Å²) in [4.78, 5) is 11.4. The summed E-state index contributed by atoms with van der Waals surface area (Å²) in [5.74, 6) is 0.442. The van der Waals surface area contributed by atoms with Crippen LogP contribution in [0.25, 0.3) is 0 Å². The van der Waals surface area contributed by atoms with Crippen LogP contribution in [0.4, 0.5) is 0 Å². The first kappa shape index (κ1) is 17.9. The number of hydrazone groups is 1. The lowest BCUT2D eigenvalue weighted by Gasteiger charge is -2.23. The first-order valence-electron chi connectivity index (χ1n) is 8.51. The molecule has 3 rings (SSSR count). The number of carbonyl (C=O) groups is 1. The molecule has 0 bridgehead atoms. The molecule has 1 fully saturated rings. The number of rotatable bonds is 6. The third kappa shape index (κ3) is 5.07. The highest BCUT2D eigenvalue weighted by Crippen LogP contribution is 2.14. The molecule has 6 nitrogen and oxygen atoms in total. The second-order valence-electron chi connectivity index (χ2n) is 5.86. The van der Waals surface area contributed by atoms with Crippen LogP contribution in [0.5, 0.6) is 5.75 Å². The Kier molecular flexibility index (Phi) is 6.22. The molecule has 0 amide bonds. The normalized spacial score (nSPS) is 14.4. The van der Waals surface area contributed by atoms with Gasteiger partial charge in [-0.05, 0) is 47.5 Å². The molecule has 1 heterocycles. The highest BCUT2D eigenvalue weighted by Gasteiger charge is 2.06. The first-order valence-corrected chi connectivity index (χ1v) is 8.51. The maximum atomic E-state index is 11.4. The number of hydrogen-bond donors (Lipinski definition) is 0. The van der Waals surface area contributed by atoms with E-state index in [0.717, 1.165) is 43.2 Å². The van der Waals surface area contributed by atoms with Crippen molar-refractivity contribution in [1.29, 1.82) is 0 Å². The number of esters is 1. The van der Waals surface area contributed by atoms with Crippen molar-refractivity contribution in [3.8, 4) is 5.75 Å². The molecule has 0 radical (unpaired) electrons. The molecule has 2 aromatic rings. The predicted molar refractivity (Wildman–Crippen MR) is 98.5 cm³/mol. The maximum absolute atomic E-state index is 11.4. The van der Waals surface area contributed by atoms with Crippen molar-refractivity contribution in [2.45, 2.75) is 6.61 Å². The van der Waals surface area contributed by atoms with E-state index in [9.17, 15) is 4.79 Å². The second kappa shape index (κ2) is 9.01. The fourth-order valence-corrected chi connectivity index (χ4v) is 2.49. The molecule has 0 saturated carbocycles. The Morgan fingerprint density at radius 3 is 2.46 bits per heavy atom. The summed E-state index contributed by atoms with van der Waals surface area (Å²) in [7, 11) is 1.37. The van der Waals surface area contributed by atoms with Crippen LogP contribution in [0.15, 0.2) is 53.6 Å². The molecule has 2 aromatic carbocycles. The Morgan fingerprint density at radius 1 is 1.12 bits per heavy atom. The predicted octanol–water partition coefficient (Wildman–Crippen LogP) is 2.72. The first-order chi connectivity index (χ1) is 12.7. The third-order valence-electron chi connectivity index (χ3n) is 4.02. The maximum Gasteiger partial charge on any atom is 0.337 e. The zero-order valence-corrected chi connectivity index (χ0v) is 14.8. The van der Waals surface area contributed by atoms with Gasteiger partial charge in [0, 0.05) is 0 Å². The minimum atomic E-state index is -0.341. The van der Waals surface area contributed by atoms with Crippen LogP contribution in [0.2, 0.25) is 0 Å². The summed E-state index contributed by atoms with van der Waals surface area (Å²) in [5, 5.41) is 6.46. The average Bonchev–Trinajstić information content (AvgIpc) is 2.72. The molecule has 1 aliphatic heterocycles. The molecule has 0 unspecified atom stereocenters.